The second-order valence-corrected chi connectivity index (χ2v) is 17.8. The van der Waals surface area contributed by atoms with Crippen molar-refractivity contribution in [2.75, 3.05) is 27.9 Å². The van der Waals surface area contributed by atoms with E-state index in [1.54, 1.807) is 21.0 Å². The van der Waals surface area contributed by atoms with Gasteiger partial charge in [0.25, 0.3) is 0 Å². The topological polar surface area (TPSA) is 147 Å². The van der Waals surface area contributed by atoms with Crippen LogP contribution < -0.4 is 4.74 Å². The van der Waals surface area contributed by atoms with E-state index in [1.165, 1.54) is 14.2 Å². The molecule has 2 aliphatic rings. The first-order valence-corrected chi connectivity index (χ1v) is 23.3. The van der Waals surface area contributed by atoms with E-state index in [2.05, 4.69) is 13.8 Å². The van der Waals surface area contributed by atoms with Crippen molar-refractivity contribution < 1.29 is 59.8 Å². The van der Waals surface area contributed by atoms with Crippen molar-refractivity contribution in [1.29, 1.82) is 0 Å². The minimum absolute atomic E-state index is 0.0100. The van der Waals surface area contributed by atoms with Crippen LogP contribution in [0.15, 0.2) is 115 Å². The molecule has 1 N–H and O–H groups in total. The first-order valence-electron chi connectivity index (χ1n) is 21.9. The molecule has 348 valence electrons. The van der Waals surface area contributed by atoms with Crippen LogP contribution in [0.25, 0.3) is 0 Å². The Kier molecular flexibility index (Phi) is 17.8. The summed E-state index contributed by atoms with van der Waals surface area (Å²) in [5, 5.41) is 0. The summed E-state index contributed by atoms with van der Waals surface area (Å²) in [4.78, 5) is 0. The van der Waals surface area contributed by atoms with Gasteiger partial charge in [0, 0.05) is 20.1 Å². The molecular weight excluding hydrogens is 841 g/mol. The van der Waals surface area contributed by atoms with E-state index in [-0.39, 0.29) is 50.8 Å². The fraction of sp³-hybridized carbons (Fsp3) is 0.500. The lowest BCUT2D eigenvalue weighted by Gasteiger charge is -2.54. The summed E-state index contributed by atoms with van der Waals surface area (Å²) in [5.41, 5.74) is 3.69. The molecule has 64 heavy (non-hydrogen) atoms. The lowest BCUT2D eigenvalue weighted by atomic mass is 9.82. The number of methoxy groups -OCH3 is 3. The molecule has 3 unspecified atom stereocenters. The van der Waals surface area contributed by atoms with Gasteiger partial charge in [-0.1, -0.05) is 117 Å². The SMILES string of the molecule is CC[C@H]1[C+](C[C@@H](OCc2ccccc2)C(OS(=O)(=O)O)[C@@H]2OC(C)(OC)C(C)(OC)O[C@H]2[C@@H](COCc2ccccc2)OCc2ccccc2)C[C@@H](OCc2ccc(OC)cc2)[C@@H]1C. The number of hydrogen-bond acceptors (Lipinski definition) is 12. The highest BCUT2D eigenvalue weighted by atomic mass is 32.3. The van der Waals surface area contributed by atoms with Crippen molar-refractivity contribution in [3.8, 4) is 5.75 Å². The molecule has 14 heteroatoms. The van der Waals surface area contributed by atoms with Gasteiger partial charge in [-0.2, -0.15) is 8.42 Å². The number of rotatable bonds is 24. The van der Waals surface area contributed by atoms with Gasteiger partial charge in [-0.05, 0) is 54.7 Å². The van der Waals surface area contributed by atoms with Gasteiger partial charge in [-0.3, -0.25) is 4.55 Å². The predicted molar refractivity (Wildman–Crippen MR) is 240 cm³/mol. The van der Waals surface area contributed by atoms with Crippen LogP contribution in [0, 0.1) is 17.8 Å². The van der Waals surface area contributed by atoms with Gasteiger partial charge < -0.3 is 42.6 Å². The first kappa shape index (κ1) is 49.5. The molecule has 2 fully saturated rings. The molecule has 1 heterocycles. The molecule has 6 rings (SSSR count). The van der Waals surface area contributed by atoms with Crippen LogP contribution in [-0.4, -0.2) is 89.1 Å². The van der Waals surface area contributed by atoms with Crippen molar-refractivity contribution in [3.63, 3.8) is 0 Å². The van der Waals surface area contributed by atoms with Crippen molar-refractivity contribution in [2.45, 2.75) is 122 Å². The van der Waals surface area contributed by atoms with E-state index in [0.29, 0.717) is 13.0 Å². The summed E-state index contributed by atoms with van der Waals surface area (Å²) in [5.74, 6) is -1.08. The number of ether oxygens (including phenoxy) is 9. The molecule has 0 spiro atoms. The lowest BCUT2D eigenvalue weighted by molar-refractivity contribution is -0.462. The smallest absolute Gasteiger partial charge is 0.397 e. The Morgan fingerprint density at radius 1 is 0.719 bits per heavy atom. The van der Waals surface area contributed by atoms with Crippen LogP contribution >= 0.6 is 0 Å². The predicted octanol–water partition coefficient (Wildman–Crippen LogP) is 8.70. The summed E-state index contributed by atoms with van der Waals surface area (Å²) in [7, 11) is -0.608. The average Bonchev–Trinajstić information content (AvgIpc) is 3.61. The molecule has 1 saturated carbocycles. The van der Waals surface area contributed by atoms with E-state index >= 15 is 0 Å². The Morgan fingerprint density at radius 2 is 1.23 bits per heavy atom. The molecule has 0 aromatic heterocycles. The van der Waals surface area contributed by atoms with E-state index in [0.717, 1.165) is 40.3 Å². The van der Waals surface area contributed by atoms with Crippen LogP contribution in [0.3, 0.4) is 0 Å². The molecule has 1 saturated heterocycles. The molecule has 4 aromatic rings. The van der Waals surface area contributed by atoms with Gasteiger partial charge in [0.2, 0.25) is 11.6 Å². The third-order valence-corrected chi connectivity index (χ3v) is 13.1. The lowest BCUT2D eigenvalue weighted by Crippen LogP contribution is -2.70. The zero-order chi connectivity index (χ0) is 45.7. The maximum absolute atomic E-state index is 13.2. The molecule has 10 atom stereocenters. The zero-order valence-corrected chi connectivity index (χ0v) is 38.8. The van der Waals surface area contributed by atoms with Crippen molar-refractivity contribution in [3.05, 3.63) is 143 Å². The van der Waals surface area contributed by atoms with Crippen molar-refractivity contribution >= 4 is 10.4 Å². The molecule has 4 aromatic carbocycles. The molecule has 0 amide bonds. The van der Waals surface area contributed by atoms with Gasteiger partial charge in [-0.25, -0.2) is 4.18 Å². The minimum atomic E-state index is -5.16. The van der Waals surface area contributed by atoms with Crippen LogP contribution in [-0.2, 0) is 78.9 Å². The molecule has 0 radical (unpaired) electrons. The fourth-order valence-electron chi connectivity index (χ4n) is 8.79. The highest BCUT2D eigenvalue weighted by Crippen LogP contribution is 2.48. The molecule has 13 nitrogen and oxygen atoms in total. The summed E-state index contributed by atoms with van der Waals surface area (Å²) < 4.78 is 100. The Bertz CT molecular complexity index is 2080. The molecule has 1 aliphatic carbocycles. The van der Waals surface area contributed by atoms with Crippen molar-refractivity contribution in [2.24, 2.45) is 11.8 Å². The van der Waals surface area contributed by atoms with Crippen LogP contribution in [0.2, 0.25) is 0 Å². The van der Waals surface area contributed by atoms with Gasteiger partial charge in [0.15, 0.2) is 0 Å². The summed E-state index contributed by atoms with van der Waals surface area (Å²) >= 11 is 0. The second-order valence-electron chi connectivity index (χ2n) is 16.8. The third kappa shape index (κ3) is 12.9. The van der Waals surface area contributed by atoms with E-state index in [9.17, 15) is 13.0 Å². The number of hydrogen-bond donors (Lipinski definition) is 1. The average molecular weight is 906 g/mol. The van der Waals surface area contributed by atoms with Crippen LogP contribution in [0.4, 0.5) is 0 Å². The molecule has 1 aliphatic heterocycles. The van der Waals surface area contributed by atoms with E-state index in [1.807, 2.05) is 115 Å². The number of benzene rings is 4. The fourth-order valence-corrected chi connectivity index (χ4v) is 9.30. The Labute approximate surface area is 379 Å². The van der Waals surface area contributed by atoms with Crippen molar-refractivity contribution in [1.82, 2.24) is 0 Å². The van der Waals surface area contributed by atoms with Gasteiger partial charge in [0.1, 0.15) is 61.1 Å². The third-order valence-electron chi connectivity index (χ3n) is 12.7. The molecule has 0 bridgehead atoms. The highest BCUT2D eigenvalue weighted by molar-refractivity contribution is 7.80. The zero-order valence-electron chi connectivity index (χ0n) is 38.0. The quantitative estimate of drug-likeness (QED) is 0.0529. The van der Waals surface area contributed by atoms with E-state index in [4.69, 9.17) is 46.8 Å². The van der Waals surface area contributed by atoms with Gasteiger partial charge >= 0.3 is 10.4 Å². The Morgan fingerprint density at radius 3 is 1.75 bits per heavy atom. The standard InChI is InChI=1S/C50H64O13S/c1-8-42-35(2)43(58-33-39-24-26-41(54-5)27-25-39)28-40(42)29-44(59-31-37-20-14-10-15-21-37)47(63-64(51,52)53)48-46(61-49(3,55-6)50(4,56-7)62-48)45(60-32-38-22-16-11-17-23-38)34-57-30-36-18-12-9-13-19-36/h9-27,35,42-48H,8,28-34H2,1-7H3/p+1/t35-,42-,43-,44-,45-,46+,47?,48-,49?,50?/m1/s1. The highest BCUT2D eigenvalue weighted by Gasteiger charge is 2.62. The van der Waals surface area contributed by atoms with E-state index < -0.39 is 52.5 Å². The maximum atomic E-state index is 13.2. The Balaban J connectivity index is 1.38. The summed E-state index contributed by atoms with van der Waals surface area (Å²) in [6, 6.07) is 36.7. The van der Waals surface area contributed by atoms with Crippen LogP contribution in [0.5, 0.6) is 5.75 Å². The normalized spacial score (nSPS) is 26.4. The first-order chi connectivity index (χ1) is 30.8. The largest absolute Gasteiger partial charge is 0.497 e. The second kappa shape index (κ2) is 23.0. The monoisotopic (exact) mass is 905 g/mol. The minimum Gasteiger partial charge on any atom is -0.497 e. The summed E-state index contributed by atoms with van der Waals surface area (Å²) in [6.07, 6.45) is -4.40. The Hall–Kier alpha value is -3.90. The van der Waals surface area contributed by atoms with Crippen LogP contribution in [0.1, 0.15) is 69.2 Å². The maximum Gasteiger partial charge on any atom is 0.397 e. The molecular formula is C50H65O13S+. The van der Waals surface area contributed by atoms with Gasteiger partial charge in [0.05, 0.1) is 46.1 Å². The summed E-state index contributed by atoms with van der Waals surface area (Å²) in [6.45, 7) is 8.53. The van der Waals surface area contributed by atoms with Gasteiger partial charge in [-0.15, -0.1) is 0 Å².